The van der Waals surface area contributed by atoms with Gasteiger partial charge in [0, 0.05) is 44.0 Å². The number of carbonyl (C=O) groups is 1. The van der Waals surface area contributed by atoms with Gasteiger partial charge in [-0.25, -0.2) is 4.39 Å². The lowest BCUT2D eigenvalue weighted by Crippen LogP contribution is -2.55. The van der Waals surface area contributed by atoms with E-state index >= 15 is 0 Å². The fourth-order valence-electron chi connectivity index (χ4n) is 5.44. The van der Waals surface area contributed by atoms with Gasteiger partial charge < -0.3 is 19.3 Å². The summed E-state index contributed by atoms with van der Waals surface area (Å²) in [5.74, 6) is 0.569. The van der Waals surface area contributed by atoms with Crippen LogP contribution in [0.1, 0.15) is 31.4 Å². The molecule has 3 saturated heterocycles. The first-order valence-corrected chi connectivity index (χ1v) is 10.8. The highest BCUT2D eigenvalue weighted by atomic mass is 19.1. The number of fused-ring (bicyclic) bond motifs is 2. The van der Waals surface area contributed by atoms with E-state index in [-0.39, 0.29) is 23.8 Å². The predicted octanol–water partition coefficient (Wildman–Crippen LogP) is 2.58. The summed E-state index contributed by atoms with van der Waals surface area (Å²) in [4.78, 5) is 19.4. The molecule has 0 saturated carbocycles. The van der Waals surface area contributed by atoms with Crippen molar-refractivity contribution in [1.82, 2.24) is 9.80 Å². The largest absolute Gasteiger partial charge is 0.466 e. The van der Waals surface area contributed by atoms with Crippen molar-refractivity contribution in [3.8, 4) is 0 Å². The lowest BCUT2D eigenvalue weighted by atomic mass is 9.84. The van der Waals surface area contributed by atoms with Gasteiger partial charge in [-0.15, -0.1) is 0 Å². The Morgan fingerprint density at radius 1 is 1.07 bits per heavy atom. The van der Waals surface area contributed by atoms with Gasteiger partial charge in [0.05, 0.1) is 12.8 Å². The average Bonchev–Trinajstić information content (AvgIpc) is 3.37. The fourth-order valence-corrected chi connectivity index (χ4v) is 5.44. The normalized spacial score (nSPS) is 29.4. The van der Waals surface area contributed by atoms with Gasteiger partial charge in [-0.2, -0.15) is 0 Å². The Labute approximate surface area is 175 Å². The highest BCUT2D eigenvalue weighted by molar-refractivity contribution is 5.78. The van der Waals surface area contributed by atoms with E-state index in [2.05, 4.69) is 9.80 Å². The van der Waals surface area contributed by atoms with E-state index in [0.29, 0.717) is 38.2 Å². The number of halogens is 1. The Morgan fingerprint density at radius 2 is 1.73 bits per heavy atom. The van der Waals surface area contributed by atoms with Crippen LogP contribution in [-0.4, -0.2) is 65.6 Å². The van der Waals surface area contributed by atoms with Crippen molar-refractivity contribution in [3.05, 3.63) is 54.2 Å². The number of hydrogen-bond donors (Lipinski definition) is 1. The molecular weight excluding hydrogens is 385 g/mol. The molecule has 0 aliphatic carbocycles. The van der Waals surface area contributed by atoms with Crippen LogP contribution in [0.3, 0.4) is 0 Å². The van der Waals surface area contributed by atoms with Crippen LogP contribution < -0.4 is 4.90 Å². The topological polar surface area (TPSA) is 60.2 Å². The predicted molar refractivity (Wildman–Crippen MR) is 111 cm³/mol. The number of furan rings is 1. The van der Waals surface area contributed by atoms with Gasteiger partial charge in [0.15, 0.2) is 0 Å². The minimum Gasteiger partial charge on any atom is -0.466 e. The van der Waals surface area contributed by atoms with E-state index in [0.717, 1.165) is 31.6 Å². The maximum Gasteiger partial charge on any atom is 0.236 e. The first kappa shape index (κ1) is 19.6. The molecule has 2 atom stereocenters. The molecule has 3 aliphatic rings. The van der Waals surface area contributed by atoms with Gasteiger partial charge in [-0.05, 0) is 62.1 Å². The van der Waals surface area contributed by atoms with Gasteiger partial charge in [-0.1, -0.05) is 0 Å². The molecule has 6 nitrogen and oxygen atoms in total. The smallest absolute Gasteiger partial charge is 0.236 e. The van der Waals surface area contributed by atoms with E-state index in [1.807, 2.05) is 17.0 Å². The summed E-state index contributed by atoms with van der Waals surface area (Å²) in [6.45, 7) is 3.27. The second kappa shape index (κ2) is 7.71. The molecule has 2 aromatic rings. The van der Waals surface area contributed by atoms with Crippen LogP contribution in [0.15, 0.2) is 47.1 Å². The zero-order valence-electron chi connectivity index (χ0n) is 17.0. The number of hydrogen-bond acceptors (Lipinski definition) is 5. The van der Waals surface area contributed by atoms with Gasteiger partial charge in [-0.3, -0.25) is 9.69 Å². The lowest BCUT2D eigenvalue weighted by Gasteiger charge is -2.43. The highest BCUT2D eigenvalue weighted by Crippen LogP contribution is 2.45. The summed E-state index contributed by atoms with van der Waals surface area (Å²) in [6, 6.07) is 10.6. The summed E-state index contributed by atoms with van der Waals surface area (Å²) in [5, 5.41) is 11.1. The second-order valence-electron chi connectivity index (χ2n) is 8.82. The molecule has 30 heavy (non-hydrogen) atoms. The van der Waals surface area contributed by atoms with Crippen LogP contribution in [-0.2, 0) is 10.4 Å². The van der Waals surface area contributed by atoms with Crippen molar-refractivity contribution >= 4 is 11.6 Å². The second-order valence-corrected chi connectivity index (χ2v) is 8.82. The number of aliphatic hydroxyl groups is 1. The summed E-state index contributed by atoms with van der Waals surface area (Å²) < 4.78 is 18.6. The lowest BCUT2D eigenvalue weighted by molar-refractivity contribution is -0.136. The summed E-state index contributed by atoms with van der Waals surface area (Å²) >= 11 is 0. The number of carbonyl (C=O) groups excluding carboxylic acids is 1. The number of piperidine rings is 1. The van der Waals surface area contributed by atoms with Crippen LogP contribution in [0.25, 0.3) is 0 Å². The molecule has 160 valence electrons. The third kappa shape index (κ3) is 3.61. The Morgan fingerprint density at radius 3 is 2.33 bits per heavy atom. The van der Waals surface area contributed by atoms with Crippen LogP contribution in [0.5, 0.6) is 0 Å². The molecule has 3 fully saturated rings. The molecule has 3 aliphatic heterocycles. The molecule has 5 rings (SSSR count). The van der Waals surface area contributed by atoms with Crippen LogP contribution in [0.4, 0.5) is 10.1 Å². The van der Waals surface area contributed by atoms with E-state index in [1.54, 1.807) is 18.4 Å². The van der Waals surface area contributed by atoms with Gasteiger partial charge in [0.1, 0.15) is 17.2 Å². The maximum atomic E-state index is 13.1. The number of rotatable bonds is 4. The van der Waals surface area contributed by atoms with E-state index in [1.165, 1.54) is 12.1 Å². The third-order valence-corrected chi connectivity index (χ3v) is 7.04. The number of piperazine rings is 1. The minimum absolute atomic E-state index is 0.161. The zero-order valence-corrected chi connectivity index (χ0v) is 17.0. The molecule has 1 aromatic carbocycles. The molecule has 0 radical (unpaired) electrons. The highest BCUT2D eigenvalue weighted by Gasteiger charge is 2.50. The van der Waals surface area contributed by atoms with Crippen molar-refractivity contribution < 1.29 is 18.7 Å². The number of anilines is 1. The number of nitrogens with zero attached hydrogens (tertiary/aromatic N) is 3. The van der Waals surface area contributed by atoms with Crippen molar-refractivity contribution in [2.24, 2.45) is 0 Å². The molecule has 1 amide bonds. The van der Waals surface area contributed by atoms with Gasteiger partial charge in [0.2, 0.25) is 5.91 Å². The first-order valence-electron chi connectivity index (χ1n) is 10.8. The summed E-state index contributed by atoms with van der Waals surface area (Å²) in [7, 11) is 0. The maximum absolute atomic E-state index is 13.1. The SMILES string of the molecule is O=C(CN1[C@@H]2CC[C@@H]1CC(O)(c1ccco1)C2)N1CCN(c2ccc(F)cc2)CC1. The monoisotopic (exact) mass is 413 g/mol. The molecule has 1 aromatic heterocycles. The van der Waals surface area contributed by atoms with E-state index < -0.39 is 5.60 Å². The Kier molecular flexibility index (Phi) is 5.03. The Hall–Kier alpha value is -2.38. The van der Waals surface area contributed by atoms with Crippen molar-refractivity contribution in [2.45, 2.75) is 43.4 Å². The van der Waals surface area contributed by atoms with Crippen molar-refractivity contribution in [3.63, 3.8) is 0 Å². The first-order chi connectivity index (χ1) is 14.5. The Balaban J connectivity index is 1.17. The fraction of sp³-hybridized carbons (Fsp3) is 0.522. The molecule has 1 N–H and O–H groups in total. The average molecular weight is 413 g/mol. The van der Waals surface area contributed by atoms with E-state index in [9.17, 15) is 14.3 Å². The summed E-state index contributed by atoms with van der Waals surface area (Å²) in [6.07, 6.45) is 4.86. The van der Waals surface area contributed by atoms with Crippen LogP contribution in [0, 0.1) is 5.82 Å². The van der Waals surface area contributed by atoms with Gasteiger partial charge in [0.25, 0.3) is 0 Å². The third-order valence-electron chi connectivity index (χ3n) is 7.04. The quantitative estimate of drug-likeness (QED) is 0.835. The minimum atomic E-state index is -0.921. The van der Waals surface area contributed by atoms with Crippen molar-refractivity contribution in [2.75, 3.05) is 37.6 Å². The molecular formula is C23H28FN3O3. The number of amides is 1. The molecule has 0 unspecified atom stereocenters. The standard InChI is InChI=1S/C23H28FN3O3/c24-17-3-5-18(6-4-17)25-9-11-26(12-10-25)22(28)16-27-19-7-8-20(27)15-23(29,14-19)21-2-1-13-30-21/h1-6,13,19-20,29H,7-12,14-16H2/t19-,20-/m1/s1. The van der Waals surface area contributed by atoms with Crippen LogP contribution in [0.2, 0.25) is 0 Å². The zero-order chi connectivity index (χ0) is 20.7. The van der Waals surface area contributed by atoms with Crippen molar-refractivity contribution in [1.29, 1.82) is 0 Å². The summed E-state index contributed by atoms with van der Waals surface area (Å²) in [5.41, 5.74) is 0.0742. The molecule has 4 heterocycles. The van der Waals surface area contributed by atoms with Gasteiger partial charge >= 0.3 is 0 Å². The molecule has 7 heteroatoms. The molecule has 2 bridgehead atoms. The van der Waals surface area contributed by atoms with E-state index in [4.69, 9.17) is 4.42 Å². The number of benzene rings is 1. The van der Waals surface area contributed by atoms with Crippen LogP contribution >= 0.6 is 0 Å². The Bertz CT molecular complexity index is 864. The molecule has 0 spiro atoms.